The molecule has 7 nitrogen and oxygen atoms in total. The van der Waals surface area contributed by atoms with E-state index in [2.05, 4.69) is 18.7 Å². The lowest BCUT2D eigenvalue weighted by Gasteiger charge is -2.60. The van der Waals surface area contributed by atoms with Crippen molar-refractivity contribution in [3.63, 3.8) is 0 Å². The normalized spacial score (nSPS) is 30.3. The Morgan fingerprint density at radius 1 is 1.12 bits per heavy atom. The van der Waals surface area contributed by atoms with E-state index in [4.69, 9.17) is 9.47 Å². The highest BCUT2D eigenvalue weighted by Gasteiger charge is 2.67. The molecular formula is C33H42N2O5S. The van der Waals surface area contributed by atoms with Crippen LogP contribution in [0, 0.1) is 17.8 Å². The number of hydrogen-bond acceptors (Lipinski definition) is 6. The van der Waals surface area contributed by atoms with Crippen LogP contribution in [-0.4, -0.2) is 61.4 Å². The molecule has 8 heteroatoms. The molecule has 41 heavy (non-hydrogen) atoms. The number of nitrogens with zero attached hydrogens (tertiary/aromatic N) is 2. The van der Waals surface area contributed by atoms with E-state index >= 15 is 0 Å². The van der Waals surface area contributed by atoms with Gasteiger partial charge in [0.15, 0.2) is 0 Å². The molecule has 2 bridgehead atoms. The van der Waals surface area contributed by atoms with Crippen molar-refractivity contribution in [1.29, 1.82) is 0 Å². The highest BCUT2D eigenvalue weighted by Crippen LogP contribution is 2.64. The van der Waals surface area contributed by atoms with Crippen molar-refractivity contribution in [1.82, 2.24) is 9.21 Å². The number of hydrogen-bond donors (Lipinski definition) is 0. The van der Waals surface area contributed by atoms with Gasteiger partial charge in [-0.3, -0.25) is 9.69 Å². The van der Waals surface area contributed by atoms with Gasteiger partial charge in [-0.2, -0.15) is 4.31 Å². The lowest BCUT2D eigenvalue weighted by Crippen LogP contribution is -2.69. The first-order valence-corrected chi connectivity index (χ1v) is 17.1. The molecule has 0 amide bonds. The first-order chi connectivity index (χ1) is 19.7. The number of sulfonamides is 1. The summed E-state index contributed by atoms with van der Waals surface area (Å²) >= 11 is 0. The Labute approximate surface area is 244 Å². The van der Waals surface area contributed by atoms with Gasteiger partial charge in [0.1, 0.15) is 17.6 Å². The Morgan fingerprint density at radius 3 is 2.61 bits per heavy atom. The quantitative estimate of drug-likeness (QED) is 0.311. The van der Waals surface area contributed by atoms with Gasteiger partial charge in [-0.15, -0.1) is 0 Å². The fourth-order valence-corrected chi connectivity index (χ4v) is 10.6. The molecule has 0 N–H and O–H groups in total. The summed E-state index contributed by atoms with van der Waals surface area (Å²) in [5, 5.41) is 0. The fraction of sp³-hybridized carbons (Fsp3) is 0.606. The molecule has 5 aliphatic rings. The minimum Gasteiger partial charge on any atom is -0.487 e. The van der Waals surface area contributed by atoms with Crippen molar-refractivity contribution in [3.8, 4) is 11.5 Å². The number of carbonyl (C=O) groups is 1. The van der Waals surface area contributed by atoms with E-state index in [0.29, 0.717) is 24.3 Å². The minimum absolute atomic E-state index is 0.00714. The Bertz CT molecular complexity index is 1440. The minimum atomic E-state index is -3.61. The zero-order valence-electron chi connectivity index (χ0n) is 24.4. The lowest BCUT2D eigenvalue weighted by atomic mass is 9.51. The Balaban J connectivity index is 1.31. The van der Waals surface area contributed by atoms with Crippen LogP contribution in [0.2, 0.25) is 0 Å². The largest absolute Gasteiger partial charge is 0.487 e. The third-order valence-electron chi connectivity index (χ3n) is 10.3. The first-order valence-electron chi connectivity index (χ1n) is 15.5. The monoisotopic (exact) mass is 578 g/mol. The number of carbonyl (C=O) groups excluding carboxylic acids is 1. The summed E-state index contributed by atoms with van der Waals surface area (Å²) in [5.41, 5.74) is 2.83. The zero-order valence-corrected chi connectivity index (χ0v) is 25.2. The van der Waals surface area contributed by atoms with E-state index in [9.17, 15) is 13.2 Å². The molecule has 7 rings (SSSR count). The maximum atomic E-state index is 14.2. The molecule has 2 aromatic carbocycles. The van der Waals surface area contributed by atoms with Gasteiger partial charge < -0.3 is 9.47 Å². The second kappa shape index (κ2) is 10.1. The maximum Gasteiger partial charge on any atom is 0.308 e. The summed E-state index contributed by atoms with van der Waals surface area (Å²) < 4.78 is 42.9. The molecule has 5 atom stereocenters. The molecule has 3 aliphatic carbocycles. The van der Waals surface area contributed by atoms with Gasteiger partial charge in [0, 0.05) is 42.6 Å². The van der Waals surface area contributed by atoms with Gasteiger partial charge in [-0.1, -0.05) is 44.2 Å². The third-order valence-corrected chi connectivity index (χ3v) is 12.1. The van der Waals surface area contributed by atoms with Crippen LogP contribution in [0.15, 0.2) is 42.5 Å². The number of likely N-dealkylation sites (tertiary alicyclic amines) is 1. The molecular weight excluding hydrogens is 536 g/mol. The summed E-state index contributed by atoms with van der Waals surface area (Å²) in [6.45, 7) is 8.25. The molecule has 2 aromatic rings. The predicted octanol–water partition coefficient (Wildman–Crippen LogP) is 4.92. The average molecular weight is 579 g/mol. The number of benzene rings is 2. The number of ether oxygens (including phenoxy) is 2. The first kappa shape index (κ1) is 27.4. The summed E-state index contributed by atoms with van der Waals surface area (Å²) in [4.78, 5) is 14.8. The highest BCUT2D eigenvalue weighted by atomic mass is 32.2. The third kappa shape index (κ3) is 4.61. The molecule has 2 saturated carbocycles. The maximum absolute atomic E-state index is 14.2. The van der Waals surface area contributed by atoms with Crippen molar-refractivity contribution in [3.05, 3.63) is 59.2 Å². The highest BCUT2D eigenvalue weighted by molar-refractivity contribution is 7.88. The molecule has 2 aliphatic heterocycles. The molecule has 1 saturated heterocycles. The van der Waals surface area contributed by atoms with Gasteiger partial charge >= 0.3 is 5.97 Å². The van der Waals surface area contributed by atoms with Gasteiger partial charge in [-0.05, 0) is 80.5 Å². The molecule has 2 heterocycles. The van der Waals surface area contributed by atoms with Crippen molar-refractivity contribution in [2.45, 2.75) is 88.7 Å². The van der Waals surface area contributed by atoms with Crippen LogP contribution in [0.5, 0.6) is 11.5 Å². The van der Waals surface area contributed by atoms with Gasteiger partial charge in [0.05, 0.1) is 11.8 Å². The van der Waals surface area contributed by atoms with Gasteiger partial charge in [0.2, 0.25) is 10.0 Å². The number of rotatable bonds is 9. The molecule has 1 spiro atoms. The molecule has 0 radical (unpaired) electrons. The van der Waals surface area contributed by atoms with Crippen LogP contribution >= 0.6 is 0 Å². The van der Waals surface area contributed by atoms with E-state index in [0.717, 1.165) is 61.6 Å². The number of esters is 1. The summed E-state index contributed by atoms with van der Waals surface area (Å²) in [6.07, 6.45) is 5.95. The lowest BCUT2D eigenvalue weighted by molar-refractivity contribution is -0.132. The fourth-order valence-electron chi connectivity index (χ4n) is 8.68. The van der Waals surface area contributed by atoms with Crippen LogP contribution < -0.4 is 9.47 Å². The number of piperidine rings is 1. The molecule has 0 unspecified atom stereocenters. The van der Waals surface area contributed by atoms with Gasteiger partial charge in [0.25, 0.3) is 0 Å². The van der Waals surface area contributed by atoms with Crippen LogP contribution in [0.1, 0.15) is 69.6 Å². The summed E-state index contributed by atoms with van der Waals surface area (Å²) in [7, 11) is -3.61. The van der Waals surface area contributed by atoms with Crippen LogP contribution in [-0.2, 0) is 32.4 Å². The van der Waals surface area contributed by atoms with Crippen molar-refractivity contribution < 1.29 is 22.7 Å². The van der Waals surface area contributed by atoms with E-state index in [1.807, 2.05) is 42.5 Å². The van der Waals surface area contributed by atoms with E-state index in [1.54, 1.807) is 4.31 Å². The average Bonchev–Trinajstić information content (AvgIpc) is 3.68. The van der Waals surface area contributed by atoms with Crippen molar-refractivity contribution in [2.75, 3.05) is 19.6 Å². The van der Waals surface area contributed by atoms with E-state index in [-0.39, 0.29) is 35.2 Å². The Hall–Kier alpha value is -2.42. The molecule has 3 fully saturated rings. The van der Waals surface area contributed by atoms with Crippen LogP contribution in [0.25, 0.3) is 0 Å². The second-order valence-corrected chi connectivity index (χ2v) is 15.4. The van der Waals surface area contributed by atoms with Crippen molar-refractivity contribution in [2.24, 2.45) is 17.8 Å². The molecule has 0 aromatic heterocycles. The second-order valence-electron chi connectivity index (χ2n) is 13.5. The Morgan fingerprint density at radius 2 is 1.90 bits per heavy atom. The SMILES string of the molecule is CC(=O)Oc1ccc2c3c1C[C@@H]1[C@@H]4CC[C@@H](N(CC(C)C)S(=O)(=O)Cc5ccccc5)[C@H](O2)[C@]34CCN1CC1CC1. The summed E-state index contributed by atoms with van der Waals surface area (Å²) in [5.74, 6) is 2.56. The van der Waals surface area contributed by atoms with E-state index in [1.165, 1.54) is 25.3 Å². The zero-order chi connectivity index (χ0) is 28.5. The Kier molecular flexibility index (Phi) is 6.75. The molecule has 220 valence electrons. The van der Waals surface area contributed by atoms with Crippen LogP contribution in [0.3, 0.4) is 0 Å². The van der Waals surface area contributed by atoms with Crippen LogP contribution in [0.4, 0.5) is 0 Å². The topological polar surface area (TPSA) is 76.1 Å². The van der Waals surface area contributed by atoms with Gasteiger partial charge in [-0.25, -0.2) is 8.42 Å². The standard InChI is InChI=1S/C33H42N2O5S/c1-21(2)18-35(41(37,38)20-24-7-5-4-6-8-24)27-12-11-26-28-17-25-29(39-22(3)36)13-14-30-31(25)33(26,32(27)40-30)15-16-34(28)19-23-9-10-23/h4-8,13-14,21,23,26-28,32H,9-12,15-20H2,1-3H3/t26-,27+,28+,32-,33-/m0/s1. The predicted molar refractivity (Wildman–Crippen MR) is 157 cm³/mol. The van der Waals surface area contributed by atoms with E-state index < -0.39 is 10.0 Å². The smallest absolute Gasteiger partial charge is 0.308 e. The van der Waals surface area contributed by atoms with Crippen molar-refractivity contribution >= 4 is 16.0 Å². The summed E-state index contributed by atoms with van der Waals surface area (Å²) in [6, 6.07) is 13.5.